The lowest BCUT2D eigenvalue weighted by atomic mass is 10.1. The number of fused-ring (bicyclic) bond motifs is 1. The second-order valence-corrected chi connectivity index (χ2v) is 7.54. The number of ketones is 1. The number of ether oxygens (including phenoxy) is 2. The summed E-state index contributed by atoms with van der Waals surface area (Å²) < 4.78 is 44.7. The largest absolute Gasteiger partial charge is 0.493 e. The van der Waals surface area contributed by atoms with Gasteiger partial charge in [0.2, 0.25) is 0 Å². The zero-order valence-corrected chi connectivity index (χ0v) is 18.8. The number of alkyl halides is 3. The van der Waals surface area contributed by atoms with Crippen molar-refractivity contribution in [1.29, 1.82) is 0 Å². The van der Waals surface area contributed by atoms with E-state index in [1.165, 1.54) is 45.6 Å². The van der Waals surface area contributed by atoms with Gasteiger partial charge in [-0.05, 0) is 42.8 Å². The zero-order valence-electron chi connectivity index (χ0n) is 18.1. The second-order valence-electron chi connectivity index (χ2n) is 7.06. The third kappa shape index (κ3) is 4.29. The highest BCUT2D eigenvalue weighted by Gasteiger charge is 2.33. The Morgan fingerprint density at radius 1 is 1.15 bits per heavy atom. The lowest BCUT2D eigenvalue weighted by Crippen LogP contribution is -2.16. The van der Waals surface area contributed by atoms with Crippen LogP contribution in [0.3, 0.4) is 0 Å². The number of anilines is 1. The number of hydrogen-bond acceptors (Lipinski definition) is 7. The number of carbonyl (C=O) groups is 2. The number of rotatable bonds is 7. The van der Waals surface area contributed by atoms with E-state index in [4.69, 9.17) is 25.5 Å². The Labute approximate surface area is 196 Å². The van der Waals surface area contributed by atoms with Crippen LogP contribution in [0.25, 0.3) is 17.1 Å². The Kier molecular flexibility index (Phi) is 5.96. The van der Waals surface area contributed by atoms with Gasteiger partial charge < -0.3 is 19.2 Å². The molecule has 4 aromatic rings. The molecule has 0 spiro atoms. The lowest BCUT2D eigenvalue weighted by Gasteiger charge is -2.14. The summed E-state index contributed by atoms with van der Waals surface area (Å²) in [5, 5.41) is 2.70. The normalized spacial score (nSPS) is 11.5. The van der Waals surface area contributed by atoms with Gasteiger partial charge in [0.05, 0.1) is 26.2 Å². The number of Topliss-reactive ketones (excluding diaryl/α,β-unsaturated/α-hetero) is 1. The van der Waals surface area contributed by atoms with E-state index in [1.54, 1.807) is 12.1 Å². The number of amides is 1. The predicted molar refractivity (Wildman–Crippen MR) is 118 cm³/mol. The summed E-state index contributed by atoms with van der Waals surface area (Å²) in [7, 11) is 2.81. The number of nitrogens with zero attached hydrogens (tertiary/aromatic N) is 3. The van der Waals surface area contributed by atoms with E-state index in [1.807, 2.05) is 0 Å². The van der Waals surface area contributed by atoms with Crippen molar-refractivity contribution in [2.24, 2.45) is 0 Å². The van der Waals surface area contributed by atoms with Gasteiger partial charge in [-0.15, -0.1) is 0 Å². The minimum Gasteiger partial charge on any atom is -0.493 e. The molecule has 0 aliphatic carbocycles. The van der Waals surface area contributed by atoms with Crippen LogP contribution in [-0.2, 0) is 5.38 Å². The highest BCUT2D eigenvalue weighted by molar-refractivity contribution is 6.21. The minimum atomic E-state index is -3.81. The van der Waals surface area contributed by atoms with Crippen LogP contribution in [0, 0.1) is 0 Å². The molecular formula is C22H17ClF2N4O5. The third-order valence-corrected chi connectivity index (χ3v) is 5.07. The highest BCUT2D eigenvalue weighted by Crippen LogP contribution is 2.36. The summed E-state index contributed by atoms with van der Waals surface area (Å²) in [6.07, 6.45) is 1.37. The Morgan fingerprint density at radius 3 is 2.44 bits per heavy atom. The summed E-state index contributed by atoms with van der Waals surface area (Å²) in [5.74, 6) is -0.328. The Hall–Kier alpha value is -3.99. The fraction of sp³-hybridized carbons (Fsp3) is 0.182. The van der Waals surface area contributed by atoms with Crippen molar-refractivity contribution in [1.82, 2.24) is 14.6 Å². The van der Waals surface area contributed by atoms with Gasteiger partial charge in [-0.2, -0.15) is 13.9 Å². The molecule has 176 valence electrons. The number of furan rings is 1. The van der Waals surface area contributed by atoms with E-state index in [-0.39, 0.29) is 45.6 Å². The number of carbonyl (C=O) groups excluding carboxylic acids is 2. The van der Waals surface area contributed by atoms with Crippen LogP contribution in [-0.4, -0.2) is 40.5 Å². The van der Waals surface area contributed by atoms with Gasteiger partial charge in [0.15, 0.2) is 34.4 Å². The average molecular weight is 491 g/mol. The summed E-state index contributed by atoms with van der Waals surface area (Å²) >= 11 is 5.29. The molecule has 0 aliphatic rings. The number of benzene rings is 1. The molecule has 0 aliphatic heterocycles. The Bertz CT molecular complexity index is 1400. The molecule has 1 N–H and O–H groups in total. The standard InChI is InChI=1S/C22H17ClF2N4O5/c1-11(30)12-7-17(32-2)18(33-3)8-13(12)27-21(31)15-10-20-26-14(16-5-4-6-34-16)9-19(22(23,24)25)29(20)28-15/h4-10H,1-3H3,(H,27,31). The van der Waals surface area contributed by atoms with Crippen LogP contribution in [0.4, 0.5) is 14.5 Å². The molecule has 0 fully saturated rings. The molecule has 12 heteroatoms. The van der Waals surface area contributed by atoms with E-state index in [2.05, 4.69) is 15.4 Å². The van der Waals surface area contributed by atoms with Crippen molar-refractivity contribution < 1.29 is 32.3 Å². The van der Waals surface area contributed by atoms with Crippen molar-refractivity contribution in [3.8, 4) is 23.0 Å². The molecule has 1 amide bonds. The fourth-order valence-corrected chi connectivity index (χ4v) is 3.43. The van der Waals surface area contributed by atoms with Crippen molar-refractivity contribution in [2.45, 2.75) is 12.3 Å². The number of methoxy groups -OCH3 is 2. The third-order valence-electron chi connectivity index (χ3n) is 4.88. The smallest absolute Gasteiger partial charge is 0.364 e. The van der Waals surface area contributed by atoms with Crippen LogP contribution in [0.5, 0.6) is 11.5 Å². The fourth-order valence-electron chi connectivity index (χ4n) is 3.30. The van der Waals surface area contributed by atoms with Gasteiger partial charge in [-0.25, -0.2) is 9.50 Å². The zero-order chi connectivity index (χ0) is 24.6. The Balaban J connectivity index is 1.78. The van der Waals surface area contributed by atoms with Gasteiger partial charge >= 0.3 is 5.38 Å². The highest BCUT2D eigenvalue weighted by atomic mass is 35.5. The van der Waals surface area contributed by atoms with Crippen LogP contribution in [0.2, 0.25) is 0 Å². The van der Waals surface area contributed by atoms with E-state index in [0.29, 0.717) is 5.75 Å². The molecule has 0 radical (unpaired) electrons. The van der Waals surface area contributed by atoms with Gasteiger partial charge in [0.1, 0.15) is 11.4 Å². The maximum absolute atomic E-state index is 14.1. The van der Waals surface area contributed by atoms with E-state index in [9.17, 15) is 18.4 Å². The number of nitrogens with one attached hydrogen (secondary N) is 1. The van der Waals surface area contributed by atoms with Crippen molar-refractivity contribution in [3.05, 3.63) is 59.6 Å². The van der Waals surface area contributed by atoms with Gasteiger partial charge in [-0.1, -0.05) is 0 Å². The van der Waals surface area contributed by atoms with Crippen LogP contribution in [0.1, 0.15) is 33.5 Å². The van der Waals surface area contributed by atoms with Crippen molar-refractivity contribution in [3.63, 3.8) is 0 Å². The van der Waals surface area contributed by atoms with E-state index in [0.717, 1.165) is 10.6 Å². The molecule has 0 saturated carbocycles. The molecule has 0 atom stereocenters. The topological polar surface area (TPSA) is 108 Å². The summed E-state index contributed by atoms with van der Waals surface area (Å²) in [5.41, 5.74) is -0.650. The first kappa shape index (κ1) is 23.2. The molecule has 4 rings (SSSR count). The maximum atomic E-state index is 14.1. The van der Waals surface area contributed by atoms with Gasteiger partial charge in [0.25, 0.3) is 5.91 Å². The first-order valence-corrected chi connectivity index (χ1v) is 10.1. The SMILES string of the molecule is COc1cc(NC(=O)c2cc3nc(-c4ccco4)cc(C(F)(F)Cl)n3n2)c(C(C)=O)cc1OC. The molecule has 0 bridgehead atoms. The predicted octanol–water partition coefficient (Wildman–Crippen LogP) is 4.75. The molecule has 34 heavy (non-hydrogen) atoms. The van der Waals surface area contributed by atoms with Crippen LogP contribution < -0.4 is 14.8 Å². The first-order valence-electron chi connectivity index (χ1n) is 9.72. The van der Waals surface area contributed by atoms with Crippen LogP contribution >= 0.6 is 11.6 Å². The van der Waals surface area contributed by atoms with Gasteiger partial charge in [0, 0.05) is 17.7 Å². The monoisotopic (exact) mass is 490 g/mol. The van der Waals surface area contributed by atoms with E-state index < -0.39 is 17.0 Å². The molecule has 9 nitrogen and oxygen atoms in total. The molecule has 0 saturated heterocycles. The Morgan fingerprint density at radius 2 is 1.85 bits per heavy atom. The second kappa shape index (κ2) is 8.75. The maximum Gasteiger partial charge on any atom is 0.364 e. The molecule has 3 heterocycles. The molecule has 0 unspecified atom stereocenters. The minimum absolute atomic E-state index is 0.0616. The van der Waals surface area contributed by atoms with Crippen molar-refractivity contribution >= 4 is 34.6 Å². The summed E-state index contributed by atoms with van der Waals surface area (Å²) in [6.45, 7) is 1.32. The van der Waals surface area contributed by atoms with Crippen LogP contribution in [0.15, 0.2) is 47.1 Å². The summed E-state index contributed by atoms with van der Waals surface area (Å²) in [4.78, 5) is 29.3. The molecule has 3 aromatic heterocycles. The lowest BCUT2D eigenvalue weighted by molar-refractivity contribution is 0.0869. The number of aromatic nitrogens is 3. The average Bonchev–Trinajstić information content (AvgIpc) is 3.47. The number of hydrogen-bond donors (Lipinski definition) is 1. The first-order chi connectivity index (χ1) is 16.1. The molecular weight excluding hydrogens is 474 g/mol. The van der Waals surface area contributed by atoms with Gasteiger partial charge in [-0.3, -0.25) is 9.59 Å². The van der Waals surface area contributed by atoms with E-state index >= 15 is 0 Å². The summed E-state index contributed by atoms with van der Waals surface area (Å²) in [6, 6.07) is 8.18. The quantitative estimate of drug-likeness (QED) is 0.294. The number of halogens is 3. The van der Waals surface area contributed by atoms with Crippen molar-refractivity contribution in [2.75, 3.05) is 19.5 Å². The molecule has 1 aromatic carbocycles.